The molecule has 102 valence electrons. The number of aliphatic carboxylic acids is 1. The summed E-state index contributed by atoms with van der Waals surface area (Å²) < 4.78 is 0. The van der Waals surface area contributed by atoms with E-state index >= 15 is 0 Å². The van der Waals surface area contributed by atoms with Gasteiger partial charge in [0.25, 0.3) is 0 Å². The summed E-state index contributed by atoms with van der Waals surface area (Å²) in [5.41, 5.74) is 2.27. The Morgan fingerprint density at radius 1 is 1.42 bits per heavy atom. The lowest BCUT2D eigenvalue weighted by atomic mass is 9.84. The number of pyridine rings is 1. The minimum atomic E-state index is -0.632. The average Bonchev–Trinajstić information content (AvgIpc) is 2.96. The van der Waals surface area contributed by atoms with E-state index in [1.165, 1.54) is 6.42 Å². The molecule has 4 atom stereocenters. The van der Waals surface area contributed by atoms with Crippen LogP contribution >= 0.6 is 0 Å². The first-order valence-electron chi connectivity index (χ1n) is 7.02. The van der Waals surface area contributed by atoms with E-state index in [4.69, 9.17) is 0 Å². The van der Waals surface area contributed by atoms with Crippen LogP contribution in [0.25, 0.3) is 0 Å². The van der Waals surface area contributed by atoms with E-state index in [0.717, 1.165) is 24.0 Å². The number of rotatable bonds is 4. The van der Waals surface area contributed by atoms with Crippen molar-refractivity contribution in [2.24, 2.45) is 17.8 Å². The van der Waals surface area contributed by atoms with Gasteiger partial charge in [0.1, 0.15) is 0 Å². The number of carboxylic acid groups (broad SMARTS) is 1. The standard InChI is InChI=1S/C15H20N2O2/c1-9-4-10(7-16-6-9)8-17-14-12-3-2-11(5-12)13(14)15(18)19/h4,6-7,11-14,17H,2-3,5,8H2,1H3,(H,18,19). The van der Waals surface area contributed by atoms with Gasteiger partial charge in [-0.1, -0.05) is 6.07 Å². The molecule has 3 rings (SSSR count). The number of aryl methyl sites for hydroxylation is 1. The van der Waals surface area contributed by atoms with Gasteiger partial charge in [-0.25, -0.2) is 0 Å². The van der Waals surface area contributed by atoms with E-state index in [9.17, 15) is 9.90 Å². The number of nitrogens with one attached hydrogen (secondary N) is 1. The molecule has 19 heavy (non-hydrogen) atoms. The van der Waals surface area contributed by atoms with Crippen LogP contribution in [0.1, 0.15) is 30.4 Å². The fourth-order valence-corrected chi connectivity index (χ4v) is 3.89. The fraction of sp³-hybridized carbons (Fsp3) is 0.600. The molecule has 0 aliphatic heterocycles. The summed E-state index contributed by atoms with van der Waals surface area (Å²) in [7, 11) is 0. The molecule has 0 spiro atoms. The van der Waals surface area contributed by atoms with Crippen LogP contribution in [0.5, 0.6) is 0 Å². The first-order valence-corrected chi connectivity index (χ1v) is 7.02. The third kappa shape index (κ3) is 2.37. The number of carbonyl (C=O) groups is 1. The molecule has 1 heterocycles. The molecule has 0 amide bonds. The van der Waals surface area contributed by atoms with Gasteiger partial charge in [0, 0.05) is 25.0 Å². The monoisotopic (exact) mass is 260 g/mol. The second-order valence-electron chi connectivity index (χ2n) is 5.97. The Hall–Kier alpha value is -1.42. The third-order valence-electron chi connectivity index (χ3n) is 4.68. The zero-order valence-corrected chi connectivity index (χ0v) is 11.2. The summed E-state index contributed by atoms with van der Waals surface area (Å²) >= 11 is 0. The lowest BCUT2D eigenvalue weighted by Crippen LogP contribution is -2.43. The van der Waals surface area contributed by atoms with E-state index in [1.54, 1.807) is 0 Å². The van der Waals surface area contributed by atoms with Crippen LogP contribution in [-0.2, 0) is 11.3 Å². The minimum Gasteiger partial charge on any atom is -0.481 e. The zero-order valence-electron chi connectivity index (χ0n) is 11.2. The van der Waals surface area contributed by atoms with Crippen molar-refractivity contribution in [2.75, 3.05) is 0 Å². The highest BCUT2D eigenvalue weighted by Gasteiger charge is 2.50. The quantitative estimate of drug-likeness (QED) is 0.869. The van der Waals surface area contributed by atoms with Crippen LogP contribution in [0.2, 0.25) is 0 Å². The zero-order chi connectivity index (χ0) is 13.4. The van der Waals surface area contributed by atoms with Crippen LogP contribution in [-0.4, -0.2) is 22.1 Å². The van der Waals surface area contributed by atoms with Gasteiger partial charge in [-0.2, -0.15) is 0 Å². The number of nitrogens with zero attached hydrogens (tertiary/aromatic N) is 1. The van der Waals surface area contributed by atoms with Gasteiger partial charge in [0.15, 0.2) is 0 Å². The maximum atomic E-state index is 11.4. The van der Waals surface area contributed by atoms with Crippen LogP contribution in [0.3, 0.4) is 0 Å². The molecule has 4 nitrogen and oxygen atoms in total. The molecule has 0 saturated heterocycles. The van der Waals surface area contributed by atoms with E-state index in [2.05, 4.69) is 16.4 Å². The van der Waals surface area contributed by atoms with Crippen molar-refractivity contribution in [1.29, 1.82) is 0 Å². The molecule has 2 fully saturated rings. The summed E-state index contributed by atoms with van der Waals surface area (Å²) in [6.45, 7) is 2.74. The maximum Gasteiger partial charge on any atom is 0.308 e. The summed E-state index contributed by atoms with van der Waals surface area (Å²) in [5, 5.41) is 12.9. The van der Waals surface area contributed by atoms with Gasteiger partial charge in [0.2, 0.25) is 0 Å². The van der Waals surface area contributed by atoms with Crippen LogP contribution in [0.15, 0.2) is 18.5 Å². The molecule has 4 heteroatoms. The van der Waals surface area contributed by atoms with Crippen molar-refractivity contribution < 1.29 is 9.90 Å². The SMILES string of the molecule is Cc1cncc(CNC2C3CCC(C3)C2C(=O)O)c1. The van der Waals surface area contributed by atoms with E-state index < -0.39 is 5.97 Å². The summed E-state index contributed by atoms with van der Waals surface area (Å²) in [6, 6.07) is 2.24. The molecule has 2 saturated carbocycles. The summed E-state index contributed by atoms with van der Waals surface area (Å²) in [4.78, 5) is 15.6. The van der Waals surface area contributed by atoms with Crippen molar-refractivity contribution >= 4 is 5.97 Å². The Labute approximate surface area is 113 Å². The largest absolute Gasteiger partial charge is 0.481 e. The van der Waals surface area contributed by atoms with Gasteiger partial charge in [-0.15, -0.1) is 0 Å². The maximum absolute atomic E-state index is 11.4. The molecule has 0 radical (unpaired) electrons. The molecule has 1 aromatic rings. The molecule has 2 aliphatic carbocycles. The Kier molecular flexibility index (Phi) is 3.27. The van der Waals surface area contributed by atoms with Crippen LogP contribution < -0.4 is 5.32 Å². The third-order valence-corrected chi connectivity index (χ3v) is 4.68. The first kappa shape index (κ1) is 12.6. The normalized spacial score (nSPS) is 32.7. The molecule has 0 aromatic carbocycles. The minimum absolute atomic E-state index is 0.136. The number of hydrogen-bond donors (Lipinski definition) is 2. The molecule has 2 N–H and O–H groups in total. The van der Waals surface area contributed by atoms with Crippen molar-refractivity contribution in [3.8, 4) is 0 Å². The predicted molar refractivity (Wildman–Crippen MR) is 71.6 cm³/mol. The Morgan fingerprint density at radius 2 is 2.21 bits per heavy atom. The summed E-state index contributed by atoms with van der Waals surface area (Å²) in [6.07, 6.45) is 7.04. The highest BCUT2D eigenvalue weighted by molar-refractivity contribution is 5.72. The van der Waals surface area contributed by atoms with Crippen molar-refractivity contribution in [3.05, 3.63) is 29.6 Å². The molecule has 1 aromatic heterocycles. The van der Waals surface area contributed by atoms with Gasteiger partial charge >= 0.3 is 5.97 Å². The lowest BCUT2D eigenvalue weighted by molar-refractivity contribution is -0.144. The molecular formula is C15H20N2O2. The van der Waals surface area contributed by atoms with Crippen LogP contribution in [0.4, 0.5) is 0 Å². The van der Waals surface area contributed by atoms with Crippen molar-refractivity contribution in [2.45, 2.75) is 38.8 Å². The van der Waals surface area contributed by atoms with E-state index in [1.807, 2.05) is 19.3 Å². The Morgan fingerprint density at radius 3 is 2.95 bits per heavy atom. The van der Waals surface area contributed by atoms with E-state index in [0.29, 0.717) is 18.4 Å². The molecular weight excluding hydrogens is 240 g/mol. The van der Waals surface area contributed by atoms with Gasteiger partial charge in [0.05, 0.1) is 5.92 Å². The van der Waals surface area contributed by atoms with Gasteiger partial charge < -0.3 is 10.4 Å². The topological polar surface area (TPSA) is 62.2 Å². The van der Waals surface area contributed by atoms with Crippen molar-refractivity contribution in [3.63, 3.8) is 0 Å². The highest BCUT2D eigenvalue weighted by atomic mass is 16.4. The van der Waals surface area contributed by atoms with E-state index in [-0.39, 0.29) is 12.0 Å². The number of hydrogen-bond acceptors (Lipinski definition) is 3. The predicted octanol–water partition coefficient (Wildman–Crippen LogP) is 1.98. The number of carboxylic acids is 1. The fourth-order valence-electron chi connectivity index (χ4n) is 3.89. The number of aromatic nitrogens is 1. The second-order valence-corrected chi connectivity index (χ2v) is 5.97. The van der Waals surface area contributed by atoms with Crippen LogP contribution in [0, 0.1) is 24.7 Å². The molecule has 2 bridgehead atoms. The lowest BCUT2D eigenvalue weighted by Gasteiger charge is -2.29. The Bertz CT molecular complexity index is 489. The number of fused-ring (bicyclic) bond motifs is 2. The smallest absolute Gasteiger partial charge is 0.308 e. The van der Waals surface area contributed by atoms with Gasteiger partial charge in [-0.3, -0.25) is 9.78 Å². The first-order chi connectivity index (χ1) is 9.15. The highest BCUT2D eigenvalue weighted by Crippen LogP contribution is 2.48. The average molecular weight is 260 g/mol. The van der Waals surface area contributed by atoms with Gasteiger partial charge in [-0.05, 0) is 49.1 Å². The summed E-state index contributed by atoms with van der Waals surface area (Å²) in [5.74, 6) is 0.100. The second kappa shape index (κ2) is 4.93. The molecule has 4 unspecified atom stereocenters. The van der Waals surface area contributed by atoms with Crippen molar-refractivity contribution in [1.82, 2.24) is 10.3 Å². The molecule has 2 aliphatic rings. The Balaban J connectivity index is 1.67.